The molecule has 2 aromatic carbocycles. The van der Waals surface area contributed by atoms with Crippen molar-refractivity contribution in [3.8, 4) is 0 Å². The number of carbonyl (C=O) groups is 3. The van der Waals surface area contributed by atoms with Crippen molar-refractivity contribution >= 4 is 34.6 Å². The third-order valence-corrected chi connectivity index (χ3v) is 11.0. The molecule has 7 rings (SSSR count). The summed E-state index contributed by atoms with van der Waals surface area (Å²) in [6.07, 6.45) is 4.30. The zero-order valence-corrected chi connectivity index (χ0v) is 28.1. The minimum atomic E-state index is -0.954. The molecule has 4 aliphatic heterocycles. The zero-order valence-electron chi connectivity index (χ0n) is 28.1. The fraction of sp³-hybridized carbons (Fsp3) is 0.556. The molecule has 3 aromatic rings. The number of amides is 4. The van der Waals surface area contributed by atoms with Crippen LogP contribution in [0.2, 0.25) is 0 Å². The van der Waals surface area contributed by atoms with Gasteiger partial charge in [0, 0.05) is 88.0 Å². The van der Waals surface area contributed by atoms with Gasteiger partial charge in [-0.3, -0.25) is 14.8 Å². The molecule has 0 aliphatic carbocycles. The van der Waals surface area contributed by atoms with Gasteiger partial charge in [0.05, 0.1) is 11.7 Å². The van der Waals surface area contributed by atoms with E-state index >= 15 is 0 Å². The van der Waals surface area contributed by atoms with E-state index in [4.69, 9.17) is 4.74 Å². The predicted octanol–water partition coefficient (Wildman–Crippen LogP) is 3.93. The normalized spacial score (nSPS) is 21.4. The molecule has 0 spiro atoms. The van der Waals surface area contributed by atoms with Crippen molar-refractivity contribution < 1.29 is 19.1 Å². The average molecular weight is 657 g/mol. The van der Waals surface area contributed by atoms with Crippen molar-refractivity contribution in [3.05, 3.63) is 59.3 Å². The Bertz CT molecular complexity index is 1620. The van der Waals surface area contributed by atoms with Crippen molar-refractivity contribution in [1.82, 2.24) is 35.1 Å². The summed E-state index contributed by atoms with van der Waals surface area (Å²) in [6.45, 7) is 11.0. The van der Waals surface area contributed by atoms with Crippen LogP contribution < -0.4 is 10.6 Å². The number of piperidine rings is 2. The second-order valence-corrected chi connectivity index (χ2v) is 13.9. The third kappa shape index (κ3) is 6.73. The lowest BCUT2D eigenvalue weighted by Gasteiger charge is -2.41. The fourth-order valence-electron chi connectivity index (χ4n) is 8.03. The fourth-order valence-corrected chi connectivity index (χ4v) is 8.03. The Morgan fingerprint density at radius 1 is 0.917 bits per heavy atom. The first-order chi connectivity index (χ1) is 23.4. The molecule has 48 heavy (non-hydrogen) atoms. The van der Waals surface area contributed by atoms with E-state index in [0.29, 0.717) is 51.6 Å². The molecule has 4 amide bonds. The van der Waals surface area contributed by atoms with Crippen LogP contribution in [0.25, 0.3) is 10.9 Å². The summed E-state index contributed by atoms with van der Waals surface area (Å²) in [7, 11) is 0. The molecular formula is C36H48N8O4. The van der Waals surface area contributed by atoms with Crippen LogP contribution >= 0.6 is 0 Å². The van der Waals surface area contributed by atoms with Gasteiger partial charge in [0.2, 0.25) is 0 Å². The van der Waals surface area contributed by atoms with Crippen LogP contribution in [0.3, 0.4) is 0 Å². The Morgan fingerprint density at radius 3 is 2.40 bits per heavy atom. The van der Waals surface area contributed by atoms with Crippen molar-refractivity contribution in [2.75, 3.05) is 64.2 Å². The maximum Gasteiger partial charge on any atom is 0.410 e. The van der Waals surface area contributed by atoms with Crippen LogP contribution in [-0.2, 0) is 16.0 Å². The van der Waals surface area contributed by atoms with Gasteiger partial charge in [0.15, 0.2) is 6.10 Å². The molecule has 2 atom stereocenters. The van der Waals surface area contributed by atoms with Crippen LogP contribution in [0.5, 0.6) is 0 Å². The van der Waals surface area contributed by atoms with Gasteiger partial charge in [-0.25, -0.2) is 9.59 Å². The SMILES string of the molecule is Cc1cc(C(C)C(OC(=O)N2CCC(N3CCc4ccccc4NC3=O)CC2)C(=O)N2CCC(N3CCNCC3)CC2)cc2cn[nH]c12. The number of para-hydroxylation sites is 1. The van der Waals surface area contributed by atoms with E-state index in [1.807, 2.05) is 47.9 Å². The van der Waals surface area contributed by atoms with Crippen LogP contribution in [0.4, 0.5) is 15.3 Å². The smallest absolute Gasteiger partial charge is 0.410 e. The van der Waals surface area contributed by atoms with Gasteiger partial charge in [-0.2, -0.15) is 5.10 Å². The van der Waals surface area contributed by atoms with Crippen molar-refractivity contribution in [2.45, 2.75) is 70.1 Å². The highest BCUT2D eigenvalue weighted by Crippen LogP contribution is 2.31. The summed E-state index contributed by atoms with van der Waals surface area (Å²) in [4.78, 5) is 49.2. The molecule has 3 N–H and O–H groups in total. The highest BCUT2D eigenvalue weighted by atomic mass is 16.6. The molecule has 256 valence electrons. The number of aryl methyl sites for hydroxylation is 1. The molecule has 0 bridgehead atoms. The van der Waals surface area contributed by atoms with Gasteiger partial charge in [-0.1, -0.05) is 31.2 Å². The third-order valence-electron chi connectivity index (χ3n) is 11.0. The number of nitrogens with zero attached hydrogens (tertiary/aromatic N) is 5. The molecule has 2 unspecified atom stereocenters. The number of hydrogen-bond donors (Lipinski definition) is 3. The Balaban J connectivity index is 1.02. The molecule has 12 nitrogen and oxygen atoms in total. The summed E-state index contributed by atoms with van der Waals surface area (Å²) >= 11 is 0. The number of H-pyrrole nitrogens is 1. The number of aromatic amines is 1. The van der Waals surface area contributed by atoms with Crippen molar-refractivity contribution in [3.63, 3.8) is 0 Å². The Hall–Kier alpha value is -4.16. The number of benzene rings is 2. The van der Waals surface area contributed by atoms with E-state index < -0.39 is 12.2 Å². The lowest BCUT2D eigenvalue weighted by atomic mass is 9.91. The number of hydrogen-bond acceptors (Lipinski definition) is 7. The van der Waals surface area contributed by atoms with E-state index in [9.17, 15) is 14.4 Å². The number of rotatable bonds is 6. The highest BCUT2D eigenvalue weighted by molar-refractivity contribution is 5.91. The van der Waals surface area contributed by atoms with Gasteiger partial charge in [-0.15, -0.1) is 0 Å². The molecule has 1 aromatic heterocycles. The average Bonchev–Trinajstić information content (AvgIpc) is 3.54. The van der Waals surface area contributed by atoms with E-state index in [2.05, 4.69) is 37.9 Å². The number of piperazine rings is 1. The number of ether oxygens (including phenoxy) is 1. The number of fused-ring (bicyclic) bond motifs is 2. The molecule has 3 fully saturated rings. The van der Waals surface area contributed by atoms with Crippen LogP contribution in [0.1, 0.15) is 55.2 Å². The van der Waals surface area contributed by atoms with E-state index in [0.717, 1.165) is 78.7 Å². The Morgan fingerprint density at radius 2 is 1.62 bits per heavy atom. The lowest BCUT2D eigenvalue weighted by molar-refractivity contribution is -0.143. The number of nitrogens with one attached hydrogen (secondary N) is 3. The number of likely N-dealkylation sites (tertiary alicyclic amines) is 2. The maximum absolute atomic E-state index is 14.3. The van der Waals surface area contributed by atoms with Gasteiger partial charge >= 0.3 is 12.1 Å². The van der Waals surface area contributed by atoms with Crippen LogP contribution in [0.15, 0.2) is 42.6 Å². The zero-order chi connectivity index (χ0) is 33.2. The van der Waals surface area contributed by atoms with Crippen LogP contribution in [-0.4, -0.2) is 125 Å². The monoisotopic (exact) mass is 656 g/mol. The standard InChI is InChI=1S/C36H48N8O4/c1-24-21-27(22-28-23-38-40-32(24)28)25(2)33(34(45)42-14-8-29(9-15-42)41-19-12-37-13-20-41)48-36(47)43-16-10-30(11-17-43)44-18-7-26-5-3-4-6-31(26)39-35(44)46/h3-6,21-23,25,29-30,33,37H,7-20H2,1-2H3,(H,38,40)(H,39,46). The molecular weight excluding hydrogens is 608 g/mol. The number of urea groups is 1. The van der Waals surface area contributed by atoms with E-state index in [-0.39, 0.29) is 23.9 Å². The second kappa shape index (κ2) is 14.1. The molecule has 5 heterocycles. The van der Waals surface area contributed by atoms with Gasteiger partial charge in [0.25, 0.3) is 5.91 Å². The highest BCUT2D eigenvalue weighted by Gasteiger charge is 2.39. The summed E-state index contributed by atoms with van der Waals surface area (Å²) in [5.41, 5.74) is 4.94. The predicted molar refractivity (Wildman–Crippen MR) is 184 cm³/mol. The quantitative estimate of drug-likeness (QED) is 0.367. The second-order valence-electron chi connectivity index (χ2n) is 13.9. The first-order valence-corrected chi connectivity index (χ1v) is 17.6. The Kier molecular flexibility index (Phi) is 9.54. The van der Waals surface area contributed by atoms with Crippen molar-refractivity contribution in [2.24, 2.45) is 0 Å². The minimum absolute atomic E-state index is 0.0290. The first kappa shape index (κ1) is 32.4. The van der Waals surface area contributed by atoms with E-state index in [1.165, 1.54) is 0 Å². The lowest BCUT2D eigenvalue weighted by Crippen LogP contribution is -2.55. The van der Waals surface area contributed by atoms with Gasteiger partial charge in [-0.05, 0) is 67.9 Å². The summed E-state index contributed by atoms with van der Waals surface area (Å²) in [6, 6.07) is 12.4. The number of carbonyl (C=O) groups excluding carboxylic acids is 3. The van der Waals surface area contributed by atoms with Gasteiger partial charge in [0.1, 0.15) is 0 Å². The summed E-state index contributed by atoms with van der Waals surface area (Å²) in [5, 5.41) is 14.7. The molecule has 0 radical (unpaired) electrons. The number of anilines is 1. The van der Waals surface area contributed by atoms with Crippen LogP contribution in [0, 0.1) is 6.92 Å². The Labute approximate surface area is 282 Å². The summed E-state index contributed by atoms with van der Waals surface area (Å²) in [5.74, 6) is -0.486. The van der Waals surface area contributed by atoms with Gasteiger partial charge < -0.3 is 30.1 Å². The van der Waals surface area contributed by atoms with E-state index in [1.54, 1.807) is 11.1 Å². The molecule has 4 aliphatic rings. The van der Waals surface area contributed by atoms with Crippen molar-refractivity contribution in [1.29, 1.82) is 0 Å². The maximum atomic E-state index is 14.3. The summed E-state index contributed by atoms with van der Waals surface area (Å²) < 4.78 is 6.22. The minimum Gasteiger partial charge on any atom is -0.435 e. The topological polar surface area (TPSA) is 126 Å². The molecule has 0 saturated carbocycles. The number of aromatic nitrogens is 2. The largest absolute Gasteiger partial charge is 0.435 e. The first-order valence-electron chi connectivity index (χ1n) is 17.6. The molecule has 3 saturated heterocycles. The molecule has 12 heteroatoms.